The molecule has 1 unspecified atom stereocenters. The van der Waals surface area contributed by atoms with Gasteiger partial charge in [0.25, 0.3) is 0 Å². The van der Waals surface area contributed by atoms with E-state index in [4.69, 9.17) is 4.74 Å². The molecule has 2 aromatic rings. The summed E-state index contributed by atoms with van der Waals surface area (Å²) < 4.78 is 5.88. The highest BCUT2D eigenvalue weighted by Crippen LogP contribution is 2.32. The lowest BCUT2D eigenvalue weighted by molar-refractivity contribution is -0.00804. The van der Waals surface area contributed by atoms with Crippen LogP contribution in [0.25, 0.3) is 12.2 Å². The van der Waals surface area contributed by atoms with Gasteiger partial charge in [-0.15, -0.1) is 0 Å². The first kappa shape index (κ1) is 23.0. The summed E-state index contributed by atoms with van der Waals surface area (Å²) in [6.07, 6.45) is 8.62. The largest absolute Gasteiger partial charge is 0.508 e. The molecular weight excluding hydrogens is 364 g/mol. The molecule has 0 bridgehead atoms. The molecule has 29 heavy (non-hydrogen) atoms. The molecule has 0 aliphatic heterocycles. The van der Waals surface area contributed by atoms with E-state index in [1.54, 1.807) is 19.2 Å². The standard InChI is InChI=1S/C25H34O4/c1-24(2,28)13-6-5-7-14-25(3,29-4)21-10-8-9-19(15-21)11-12-20-16-22(26)18-23(27)17-20/h8-12,15-18,26-28H,5-7,13-14H2,1-4H3. The normalized spacial score (nSPS) is 14.2. The summed E-state index contributed by atoms with van der Waals surface area (Å²) in [5.41, 5.74) is 1.90. The smallest absolute Gasteiger partial charge is 0.119 e. The number of ether oxygens (including phenoxy) is 1. The number of unbranched alkanes of at least 4 members (excludes halogenated alkanes) is 2. The summed E-state index contributed by atoms with van der Waals surface area (Å²) in [7, 11) is 1.74. The maximum Gasteiger partial charge on any atom is 0.119 e. The van der Waals surface area contributed by atoms with Gasteiger partial charge in [0.05, 0.1) is 11.2 Å². The number of phenolic OH excluding ortho intramolecular Hbond substituents is 2. The summed E-state index contributed by atoms with van der Waals surface area (Å²) in [5.74, 6) is 0.0740. The number of hydrogen-bond acceptors (Lipinski definition) is 4. The van der Waals surface area contributed by atoms with Gasteiger partial charge in [0, 0.05) is 13.2 Å². The van der Waals surface area contributed by atoms with E-state index < -0.39 is 5.60 Å². The molecule has 0 aliphatic carbocycles. The lowest BCUT2D eigenvalue weighted by atomic mass is 9.88. The zero-order valence-electron chi connectivity index (χ0n) is 18.0. The van der Waals surface area contributed by atoms with Crippen molar-refractivity contribution < 1.29 is 20.1 Å². The van der Waals surface area contributed by atoms with E-state index in [9.17, 15) is 15.3 Å². The van der Waals surface area contributed by atoms with E-state index in [1.165, 1.54) is 6.07 Å². The van der Waals surface area contributed by atoms with Crippen molar-refractivity contribution in [2.75, 3.05) is 7.11 Å². The van der Waals surface area contributed by atoms with Crippen LogP contribution < -0.4 is 0 Å². The Morgan fingerprint density at radius 3 is 2.07 bits per heavy atom. The summed E-state index contributed by atoms with van der Waals surface area (Å²) in [6.45, 7) is 5.81. The second-order valence-electron chi connectivity index (χ2n) is 8.55. The molecule has 1 atom stereocenters. The minimum atomic E-state index is -0.600. The van der Waals surface area contributed by atoms with Crippen LogP contribution in [0.15, 0.2) is 42.5 Å². The van der Waals surface area contributed by atoms with Gasteiger partial charge in [-0.2, -0.15) is 0 Å². The molecule has 4 nitrogen and oxygen atoms in total. The molecule has 0 saturated heterocycles. The average molecular weight is 399 g/mol. The van der Waals surface area contributed by atoms with Crippen LogP contribution in [-0.2, 0) is 10.3 Å². The third kappa shape index (κ3) is 7.56. The van der Waals surface area contributed by atoms with E-state index in [2.05, 4.69) is 19.1 Å². The fourth-order valence-electron chi connectivity index (χ4n) is 3.44. The molecule has 0 radical (unpaired) electrons. The SMILES string of the molecule is COC(C)(CCCCCC(C)(C)O)c1cccc(C=Cc2cc(O)cc(O)c2)c1. The van der Waals surface area contributed by atoms with Crippen LogP contribution in [-0.4, -0.2) is 28.0 Å². The Balaban J connectivity index is 2.05. The van der Waals surface area contributed by atoms with E-state index >= 15 is 0 Å². The van der Waals surface area contributed by atoms with Crippen molar-refractivity contribution in [1.29, 1.82) is 0 Å². The van der Waals surface area contributed by atoms with Crippen LogP contribution in [0, 0.1) is 0 Å². The van der Waals surface area contributed by atoms with Crippen molar-refractivity contribution >= 4 is 12.2 Å². The molecule has 0 heterocycles. The van der Waals surface area contributed by atoms with Crippen molar-refractivity contribution in [1.82, 2.24) is 0 Å². The summed E-state index contributed by atoms with van der Waals surface area (Å²) in [4.78, 5) is 0. The van der Waals surface area contributed by atoms with E-state index in [1.807, 2.05) is 38.1 Å². The van der Waals surface area contributed by atoms with Crippen LogP contribution in [0.5, 0.6) is 11.5 Å². The zero-order chi connectivity index (χ0) is 21.5. The fraction of sp³-hybridized carbons (Fsp3) is 0.440. The molecule has 0 saturated carbocycles. The van der Waals surface area contributed by atoms with Gasteiger partial charge in [-0.1, -0.05) is 49.6 Å². The van der Waals surface area contributed by atoms with Crippen molar-refractivity contribution in [3.8, 4) is 11.5 Å². The number of aromatic hydroxyl groups is 2. The Bertz CT molecular complexity index is 800. The van der Waals surface area contributed by atoms with Gasteiger partial charge >= 0.3 is 0 Å². The van der Waals surface area contributed by atoms with Crippen molar-refractivity contribution in [3.05, 3.63) is 59.2 Å². The van der Waals surface area contributed by atoms with Crippen molar-refractivity contribution in [3.63, 3.8) is 0 Å². The summed E-state index contributed by atoms with van der Waals surface area (Å²) >= 11 is 0. The minimum absolute atomic E-state index is 0.0370. The van der Waals surface area contributed by atoms with Crippen LogP contribution in [0.2, 0.25) is 0 Å². The minimum Gasteiger partial charge on any atom is -0.508 e. The zero-order valence-corrected chi connectivity index (χ0v) is 18.0. The lowest BCUT2D eigenvalue weighted by Crippen LogP contribution is -2.24. The van der Waals surface area contributed by atoms with Crippen LogP contribution in [0.4, 0.5) is 0 Å². The second kappa shape index (κ2) is 9.95. The molecule has 2 rings (SSSR count). The van der Waals surface area contributed by atoms with Crippen LogP contribution >= 0.6 is 0 Å². The highest BCUT2D eigenvalue weighted by Gasteiger charge is 2.25. The monoisotopic (exact) mass is 398 g/mol. The molecule has 0 amide bonds. The third-order valence-corrected chi connectivity index (χ3v) is 5.28. The highest BCUT2D eigenvalue weighted by molar-refractivity contribution is 5.71. The van der Waals surface area contributed by atoms with Crippen LogP contribution in [0.3, 0.4) is 0 Å². The van der Waals surface area contributed by atoms with E-state index in [0.29, 0.717) is 0 Å². The Labute approximate surface area is 174 Å². The molecule has 0 spiro atoms. The number of hydrogen-bond donors (Lipinski definition) is 3. The van der Waals surface area contributed by atoms with Gasteiger partial charge in [-0.05, 0) is 68.5 Å². The van der Waals surface area contributed by atoms with Gasteiger partial charge in [0.15, 0.2) is 0 Å². The number of aliphatic hydroxyl groups is 1. The topological polar surface area (TPSA) is 69.9 Å². The number of phenols is 2. The molecule has 4 heteroatoms. The van der Waals surface area contributed by atoms with E-state index in [0.717, 1.165) is 48.8 Å². The van der Waals surface area contributed by atoms with Crippen molar-refractivity contribution in [2.24, 2.45) is 0 Å². The number of methoxy groups -OCH3 is 1. The maximum absolute atomic E-state index is 9.84. The quantitative estimate of drug-likeness (QED) is 0.347. The molecule has 0 aromatic heterocycles. The summed E-state index contributed by atoms with van der Waals surface area (Å²) in [6, 6.07) is 12.7. The van der Waals surface area contributed by atoms with Gasteiger partial charge in [-0.3, -0.25) is 0 Å². The summed E-state index contributed by atoms with van der Waals surface area (Å²) in [5, 5.41) is 29.1. The number of benzene rings is 2. The maximum atomic E-state index is 9.84. The van der Waals surface area contributed by atoms with Gasteiger partial charge in [0.2, 0.25) is 0 Å². The van der Waals surface area contributed by atoms with Gasteiger partial charge in [-0.25, -0.2) is 0 Å². The predicted molar refractivity (Wildman–Crippen MR) is 119 cm³/mol. The second-order valence-corrected chi connectivity index (χ2v) is 8.55. The van der Waals surface area contributed by atoms with Gasteiger partial charge < -0.3 is 20.1 Å². The molecule has 158 valence electrons. The molecular formula is C25H34O4. The molecule has 3 N–H and O–H groups in total. The molecule has 2 aromatic carbocycles. The highest BCUT2D eigenvalue weighted by atomic mass is 16.5. The first-order chi connectivity index (χ1) is 13.6. The molecule has 0 fully saturated rings. The Morgan fingerprint density at radius 2 is 1.45 bits per heavy atom. The van der Waals surface area contributed by atoms with Crippen LogP contribution in [0.1, 0.15) is 69.6 Å². The van der Waals surface area contributed by atoms with E-state index in [-0.39, 0.29) is 17.1 Å². The Hall–Kier alpha value is -2.30. The Kier molecular flexibility index (Phi) is 7.88. The molecule has 0 aliphatic rings. The first-order valence-corrected chi connectivity index (χ1v) is 10.2. The van der Waals surface area contributed by atoms with Gasteiger partial charge in [0.1, 0.15) is 11.5 Å². The van der Waals surface area contributed by atoms with Crippen molar-refractivity contribution in [2.45, 2.75) is 64.1 Å². The third-order valence-electron chi connectivity index (χ3n) is 5.28. The fourth-order valence-corrected chi connectivity index (χ4v) is 3.44. The average Bonchev–Trinajstić information content (AvgIpc) is 2.64. The Morgan fingerprint density at radius 1 is 0.828 bits per heavy atom. The number of rotatable bonds is 10. The predicted octanol–water partition coefficient (Wildman–Crippen LogP) is 5.85. The lowest BCUT2D eigenvalue weighted by Gasteiger charge is -2.29. The first-order valence-electron chi connectivity index (χ1n) is 10.2.